The highest BCUT2D eigenvalue weighted by atomic mass is 16.6. The SMILES string of the molecule is Cc1c([N+](=O)[O-])ccc2c1CCNC2. The van der Waals surface area contributed by atoms with Gasteiger partial charge in [-0.05, 0) is 31.0 Å². The van der Waals surface area contributed by atoms with E-state index in [1.54, 1.807) is 6.07 Å². The summed E-state index contributed by atoms with van der Waals surface area (Å²) in [4.78, 5) is 10.4. The van der Waals surface area contributed by atoms with Gasteiger partial charge in [0.25, 0.3) is 5.69 Å². The molecular formula is C10H12N2O2. The summed E-state index contributed by atoms with van der Waals surface area (Å²) in [5, 5.41) is 13.9. The van der Waals surface area contributed by atoms with Crippen molar-refractivity contribution in [2.45, 2.75) is 19.9 Å². The third-order valence-electron chi connectivity index (χ3n) is 2.73. The first-order valence-electron chi connectivity index (χ1n) is 4.66. The van der Waals surface area contributed by atoms with E-state index in [1.807, 2.05) is 13.0 Å². The second kappa shape index (κ2) is 3.38. The molecule has 0 unspecified atom stereocenters. The monoisotopic (exact) mass is 192 g/mol. The standard InChI is InChI=1S/C10H12N2O2/c1-7-9-4-5-11-6-8(9)2-3-10(7)12(13)14/h2-3,11H,4-6H2,1H3. The van der Waals surface area contributed by atoms with Crippen LogP contribution in [-0.4, -0.2) is 11.5 Å². The Labute approximate surface area is 82.1 Å². The van der Waals surface area contributed by atoms with E-state index in [1.165, 1.54) is 5.56 Å². The molecule has 14 heavy (non-hydrogen) atoms. The zero-order valence-corrected chi connectivity index (χ0v) is 8.04. The van der Waals surface area contributed by atoms with Gasteiger partial charge in [-0.3, -0.25) is 10.1 Å². The molecule has 0 aliphatic carbocycles. The van der Waals surface area contributed by atoms with Crippen molar-refractivity contribution < 1.29 is 4.92 Å². The van der Waals surface area contributed by atoms with Crippen molar-refractivity contribution in [1.29, 1.82) is 0 Å². The molecule has 1 aromatic carbocycles. The van der Waals surface area contributed by atoms with Crippen molar-refractivity contribution in [2.75, 3.05) is 6.54 Å². The summed E-state index contributed by atoms with van der Waals surface area (Å²) in [6, 6.07) is 3.45. The number of nitro benzene ring substituents is 1. The van der Waals surface area contributed by atoms with Crippen molar-refractivity contribution >= 4 is 5.69 Å². The van der Waals surface area contributed by atoms with Crippen molar-refractivity contribution in [3.8, 4) is 0 Å². The van der Waals surface area contributed by atoms with Crippen molar-refractivity contribution in [2.24, 2.45) is 0 Å². The molecule has 1 aliphatic heterocycles. The Hall–Kier alpha value is -1.42. The van der Waals surface area contributed by atoms with Crippen molar-refractivity contribution in [1.82, 2.24) is 5.32 Å². The van der Waals surface area contributed by atoms with E-state index in [0.717, 1.165) is 30.6 Å². The zero-order chi connectivity index (χ0) is 10.1. The number of nitrogens with zero attached hydrogens (tertiary/aromatic N) is 1. The van der Waals surface area contributed by atoms with Crippen LogP contribution in [0.15, 0.2) is 12.1 Å². The van der Waals surface area contributed by atoms with E-state index in [0.29, 0.717) is 0 Å². The molecule has 1 heterocycles. The second-order valence-corrected chi connectivity index (χ2v) is 3.53. The molecule has 0 bridgehead atoms. The molecule has 0 aromatic heterocycles. The molecule has 74 valence electrons. The lowest BCUT2D eigenvalue weighted by molar-refractivity contribution is -0.385. The van der Waals surface area contributed by atoms with Crippen LogP contribution < -0.4 is 5.32 Å². The first kappa shape index (κ1) is 9.15. The fraction of sp³-hybridized carbons (Fsp3) is 0.400. The van der Waals surface area contributed by atoms with Crippen LogP contribution in [-0.2, 0) is 13.0 Å². The lowest BCUT2D eigenvalue weighted by Gasteiger charge is -2.18. The van der Waals surface area contributed by atoms with Crippen LogP contribution in [0, 0.1) is 17.0 Å². The van der Waals surface area contributed by atoms with Gasteiger partial charge in [-0.2, -0.15) is 0 Å². The Kier molecular flexibility index (Phi) is 2.21. The van der Waals surface area contributed by atoms with Crippen LogP contribution in [0.25, 0.3) is 0 Å². The molecule has 1 N–H and O–H groups in total. The second-order valence-electron chi connectivity index (χ2n) is 3.53. The van der Waals surface area contributed by atoms with Gasteiger partial charge >= 0.3 is 0 Å². The summed E-state index contributed by atoms with van der Waals surface area (Å²) >= 11 is 0. The van der Waals surface area contributed by atoms with E-state index in [9.17, 15) is 10.1 Å². The largest absolute Gasteiger partial charge is 0.312 e. The molecule has 0 amide bonds. The van der Waals surface area contributed by atoms with Gasteiger partial charge in [0.05, 0.1) is 4.92 Å². The number of rotatable bonds is 1. The minimum absolute atomic E-state index is 0.241. The van der Waals surface area contributed by atoms with Gasteiger partial charge in [-0.25, -0.2) is 0 Å². The maximum absolute atomic E-state index is 10.7. The van der Waals surface area contributed by atoms with Gasteiger partial charge in [-0.15, -0.1) is 0 Å². The third-order valence-corrected chi connectivity index (χ3v) is 2.73. The number of hydrogen-bond acceptors (Lipinski definition) is 3. The highest BCUT2D eigenvalue weighted by Crippen LogP contribution is 2.26. The summed E-state index contributed by atoms with van der Waals surface area (Å²) < 4.78 is 0. The van der Waals surface area contributed by atoms with Gasteiger partial charge in [0.15, 0.2) is 0 Å². The van der Waals surface area contributed by atoms with Gasteiger partial charge in [0, 0.05) is 18.2 Å². The first-order chi connectivity index (χ1) is 6.70. The molecule has 0 fully saturated rings. The van der Waals surface area contributed by atoms with Gasteiger partial charge in [0.2, 0.25) is 0 Å². The maximum Gasteiger partial charge on any atom is 0.272 e. The first-order valence-corrected chi connectivity index (χ1v) is 4.66. The molecule has 2 rings (SSSR count). The van der Waals surface area contributed by atoms with Crippen LogP contribution in [0.2, 0.25) is 0 Å². The smallest absolute Gasteiger partial charge is 0.272 e. The molecule has 0 saturated carbocycles. The quantitative estimate of drug-likeness (QED) is 0.542. The summed E-state index contributed by atoms with van der Waals surface area (Å²) in [5.74, 6) is 0. The molecule has 4 nitrogen and oxygen atoms in total. The number of hydrogen-bond donors (Lipinski definition) is 1. The lowest BCUT2D eigenvalue weighted by atomic mass is 9.95. The molecule has 1 aromatic rings. The summed E-state index contributed by atoms with van der Waals surface area (Å²) in [6.07, 6.45) is 0.892. The van der Waals surface area contributed by atoms with Crippen LogP contribution in [0.5, 0.6) is 0 Å². The average Bonchev–Trinajstić information content (AvgIpc) is 2.18. The third kappa shape index (κ3) is 1.37. The number of fused-ring (bicyclic) bond motifs is 1. The average molecular weight is 192 g/mol. The fourth-order valence-corrected chi connectivity index (χ4v) is 1.95. The topological polar surface area (TPSA) is 55.2 Å². The minimum atomic E-state index is -0.308. The Bertz CT molecular complexity index is 388. The summed E-state index contributed by atoms with van der Waals surface area (Å²) in [5.41, 5.74) is 3.41. The number of benzene rings is 1. The van der Waals surface area contributed by atoms with Crippen molar-refractivity contribution in [3.05, 3.63) is 38.9 Å². The Morgan fingerprint density at radius 2 is 2.29 bits per heavy atom. The Balaban J connectivity index is 2.54. The number of nitrogens with one attached hydrogen (secondary N) is 1. The maximum atomic E-state index is 10.7. The Morgan fingerprint density at radius 1 is 1.50 bits per heavy atom. The molecule has 0 atom stereocenters. The summed E-state index contributed by atoms with van der Waals surface area (Å²) in [7, 11) is 0. The fourth-order valence-electron chi connectivity index (χ4n) is 1.95. The molecule has 1 aliphatic rings. The van der Waals surface area contributed by atoms with Gasteiger partial charge in [-0.1, -0.05) is 6.07 Å². The minimum Gasteiger partial charge on any atom is -0.312 e. The van der Waals surface area contributed by atoms with E-state index < -0.39 is 0 Å². The normalized spacial score (nSPS) is 14.9. The van der Waals surface area contributed by atoms with Crippen LogP contribution >= 0.6 is 0 Å². The lowest BCUT2D eigenvalue weighted by Crippen LogP contribution is -2.24. The van der Waals surface area contributed by atoms with E-state index in [2.05, 4.69) is 5.32 Å². The highest BCUT2D eigenvalue weighted by Gasteiger charge is 2.18. The molecule has 0 saturated heterocycles. The molecule has 0 spiro atoms. The molecular weight excluding hydrogens is 180 g/mol. The Morgan fingerprint density at radius 3 is 3.00 bits per heavy atom. The van der Waals surface area contributed by atoms with Crippen LogP contribution in [0.1, 0.15) is 16.7 Å². The van der Waals surface area contributed by atoms with E-state index >= 15 is 0 Å². The van der Waals surface area contributed by atoms with E-state index in [-0.39, 0.29) is 10.6 Å². The predicted octanol–water partition coefficient (Wildman–Crippen LogP) is 1.55. The van der Waals surface area contributed by atoms with Gasteiger partial charge < -0.3 is 5.32 Å². The van der Waals surface area contributed by atoms with Crippen LogP contribution in [0.4, 0.5) is 5.69 Å². The summed E-state index contributed by atoms with van der Waals surface area (Å²) in [6.45, 7) is 3.57. The zero-order valence-electron chi connectivity index (χ0n) is 8.04. The van der Waals surface area contributed by atoms with Crippen molar-refractivity contribution in [3.63, 3.8) is 0 Å². The molecule has 4 heteroatoms. The van der Waals surface area contributed by atoms with Crippen LogP contribution in [0.3, 0.4) is 0 Å². The predicted molar refractivity (Wildman–Crippen MR) is 53.2 cm³/mol. The molecule has 0 radical (unpaired) electrons. The number of nitro groups is 1. The van der Waals surface area contributed by atoms with Gasteiger partial charge in [0.1, 0.15) is 0 Å². The van der Waals surface area contributed by atoms with E-state index in [4.69, 9.17) is 0 Å². The highest BCUT2D eigenvalue weighted by molar-refractivity contribution is 5.49.